The lowest BCUT2D eigenvalue weighted by molar-refractivity contribution is 0.254. The second-order valence-corrected chi connectivity index (χ2v) is 8.77. The molecule has 158 valence electrons. The lowest BCUT2D eigenvalue weighted by atomic mass is 10.1. The Balaban J connectivity index is 2.07. The van der Waals surface area contributed by atoms with Crippen LogP contribution in [0.3, 0.4) is 0 Å². The summed E-state index contributed by atoms with van der Waals surface area (Å²) in [5.74, 6) is 0.279. The SMILES string of the molecule is CC[C@H](CO)NS(=O)(=O)c1ccc(C)c(-c2cnc(N)c(-c3ccnc(C)c3)n2)c1. The van der Waals surface area contributed by atoms with Gasteiger partial charge in [-0.05, 0) is 50.1 Å². The predicted molar refractivity (Wildman–Crippen MR) is 116 cm³/mol. The predicted octanol–water partition coefficient (Wildman–Crippen LogP) is 2.45. The average Bonchev–Trinajstić information content (AvgIpc) is 2.72. The van der Waals surface area contributed by atoms with E-state index in [-0.39, 0.29) is 17.3 Å². The summed E-state index contributed by atoms with van der Waals surface area (Å²) in [5.41, 5.74) is 10.2. The molecule has 4 N–H and O–H groups in total. The van der Waals surface area contributed by atoms with Crippen molar-refractivity contribution < 1.29 is 13.5 Å². The molecular weight excluding hydrogens is 402 g/mol. The van der Waals surface area contributed by atoms with Gasteiger partial charge in [0, 0.05) is 29.1 Å². The monoisotopic (exact) mass is 427 g/mol. The molecule has 2 heterocycles. The summed E-state index contributed by atoms with van der Waals surface area (Å²) in [6.07, 6.45) is 3.68. The second kappa shape index (κ2) is 8.86. The van der Waals surface area contributed by atoms with E-state index in [1.54, 1.807) is 31.3 Å². The number of sulfonamides is 1. The summed E-state index contributed by atoms with van der Waals surface area (Å²) in [4.78, 5) is 13.2. The van der Waals surface area contributed by atoms with Gasteiger partial charge in [-0.2, -0.15) is 0 Å². The van der Waals surface area contributed by atoms with Gasteiger partial charge >= 0.3 is 0 Å². The molecule has 2 aromatic heterocycles. The van der Waals surface area contributed by atoms with Crippen molar-refractivity contribution in [3.8, 4) is 22.5 Å². The summed E-state index contributed by atoms with van der Waals surface area (Å²) in [5, 5.41) is 9.34. The smallest absolute Gasteiger partial charge is 0.240 e. The third kappa shape index (κ3) is 4.64. The Kier molecular flexibility index (Phi) is 6.45. The lowest BCUT2D eigenvalue weighted by Gasteiger charge is -2.16. The molecule has 9 heteroatoms. The van der Waals surface area contributed by atoms with Crippen molar-refractivity contribution in [1.82, 2.24) is 19.7 Å². The number of pyridine rings is 1. The summed E-state index contributed by atoms with van der Waals surface area (Å²) in [7, 11) is -3.80. The summed E-state index contributed by atoms with van der Waals surface area (Å²) >= 11 is 0. The lowest BCUT2D eigenvalue weighted by Crippen LogP contribution is -2.36. The van der Waals surface area contributed by atoms with Gasteiger partial charge in [-0.15, -0.1) is 0 Å². The molecule has 0 amide bonds. The topological polar surface area (TPSA) is 131 Å². The van der Waals surface area contributed by atoms with E-state index in [0.29, 0.717) is 23.4 Å². The zero-order valence-electron chi connectivity index (χ0n) is 17.1. The van der Waals surface area contributed by atoms with Gasteiger partial charge in [0.25, 0.3) is 0 Å². The minimum atomic E-state index is -3.80. The van der Waals surface area contributed by atoms with E-state index in [1.807, 2.05) is 19.9 Å². The maximum atomic E-state index is 12.8. The van der Waals surface area contributed by atoms with Gasteiger partial charge in [-0.25, -0.2) is 23.1 Å². The van der Waals surface area contributed by atoms with Crippen molar-refractivity contribution >= 4 is 15.8 Å². The molecule has 0 spiro atoms. The number of aliphatic hydroxyl groups is 1. The van der Waals surface area contributed by atoms with E-state index in [2.05, 4.69) is 19.7 Å². The molecule has 0 aliphatic heterocycles. The Hall–Kier alpha value is -2.88. The Morgan fingerprint density at radius 2 is 1.93 bits per heavy atom. The molecular formula is C21H25N5O3S. The quantitative estimate of drug-likeness (QED) is 0.528. The number of nitrogen functional groups attached to an aromatic ring is 1. The molecule has 0 unspecified atom stereocenters. The highest BCUT2D eigenvalue weighted by Crippen LogP contribution is 2.29. The number of nitrogens with one attached hydrogen (secondary N) is 1. The Labute approximate surface area is 176 Å². The summed E-state index contributed by atoms with van der Waals surface area (Å²) < 4.78 is 28.0. The molecule has 8 nitrogen and oxygen atoms in total. The van der Waals surface area contributed by atoms with Crippen LogP contribution in [0.15, 0.2) is 47.6 Å². The molecule has 0 saturated carbocycles. The van der Waals surface area contributed by atoms with E-state index in [4.69, 9.17) is 5.73 Å². The average molecular weight is 428 g/mol. The third-order valence-corrected chi connectivity index (χ3v) is 6.32. The fraction of sp³-hybridized carbons (Fsp3) is 0.286. The maximum Gasteiger partial charge on any atom is 0.240 e. The molecule has 0 aliphatic carbocycles. The molecule has 0 radical (unpaired) electrons. The van der Waals surface area contributed by atoms with Crippen LogP contribution >= 0.6 is 0 Å². The molecule has 0 aliphatic rings. The van der Waals surface area contributed by atoms with E-state index in [1.165, 1.54) is 12.3 Å². The maximum absolute atomic E-state index is 12.8. The first kappa shape index (κ1) is 21.8. The molecule has 3 rings (SSSR count). The molecule has 3 aromatic rings. The number of rotatable bonds is 7. The largest absolute Gasteiger partial charge is 0.395 e. The van der Waals surface area contributed by atoms with E-state index in [0.717, 1.165) is 16.8 Å². The number of aryl methyl sites for hydroxylation is 2. The first-order chi connectivity index (χ1) is 14.2. The minimum Gasteiger partial charge on any atom is -0.395 e. The molecule has 0 fully saturated rings. The summed E-state index contributed by atoms with van der Waals surface area (Å²) in [6.45, 7) is 5.28. The first-order valence-corrected chi connectivity index (χ1v) is 11.0. The number of nitrogens with zero attached hydrogens (tertiary/aromatic N) is 3. The molecule has 0 bridgehead atoms. The highest BCUT2D eigenvalue weighted by molar-refractivity contribution is 7.89. The van der Waals surface area contributed by atoms with Crippen LogP contribution in [0, 0.1) is 13.8 Å². The Bertz CT molecular complexity index is 1160. The fourth-order valence-electron chi connectivity index (χ4n) is 3.01. The number of benzene rings is 1. The van der Waals surface area contributed by atoms with Gasteiger partial charge < -0.3 is 10.8 Å². The molecule has 30 heavy (non-hydrogen) atoms. The van der Waals surface area contributed by atoms with Crippen LogP contribution in [0.5, 0.6) is 0 Å². The normalized spacial score (nSPS) is 12.7. The van der Waals surface area contributed by atoms with Crippen LogP contribution in [0.25, 0.3) is 22.5 Å². The van der Waals surface area contributed by atoms with Crippen LogP contribution in [-0.4, -0.2) is 41.1 Å². The number of aromatic nitrogens is 3. The van der Waals surface area contributed by atoms with E-state index < -0.39 is 16.1 Å². The fourth-order valence-corrected chi connectivity index (χ4v) is 4.35. The van der Waals surface area contributed by atoms with E-state index in [9.17, 15) is 13.5 Å². The van der Waals surface area contributed by atoms with Crippen LogP contribution in [0.1, 0.15) is 24.6 Å². The van der Waals surface area contributed by atoms with Crippen molar-refractivity contribution in [2.45, 2.75) is 38.1 Å². The van der Waals surface area contributed by atoms with Gasteiger partial charge in [0.1, 0.15) is 11.5 Å². The first-order valence-electron chi connectivity index (χ1n) is 9.55. The zero-order valence-corrected chi connectivity index (χ0v) is 17.9. The summed E-state index contributed by atoms with van der Waals surface area (Å²) in [6, 6.07) is 7.93. The highest BCUT2D eigenvalue weighted by atomic mass is 32.2. The van der Waals surface area contributed by atoms with Gasteiger partial charge in [-0.3, -0.25) is 4.98 Å². The number of nitrogens with two attached hydrogens (primary N) is 1. The van der Waals surface area contributed by atoms with Crippen molar-refractivity contribution in [1.29, 1.82) is 0 Å². The van der Waals surface area contributed by atoms with Gasteiger partial charge in [0.2, 0.25) is 10.0 Å². The third-order valence-electron chi connectivity index (χ3n) is 4.80. The number of hydrogen-bond donors (Lipinski definition) is 3. The van der Waals surface area contributed by atoms with Crippen molar-refractivity contribution in [3.63, 3.8) is 0 Å². The van der Waals surface area contributed by atoms with Crippen LogP contribution in [0.4, 0.5) is 5.82 Å². The second-order valence-electron chi connectivity index (χ2n) is 7.06. The zero-order chi connectivity index (χ0) is 21.9. The van der Waals surface area contributed by atoms with Crippen molar-refractivity contribution in [2.75, 3.05) is 12.3 Å². The van der Waals surface area contributed by atoms with Crippen molar-refractivity contribution in [2.24, 2.45) is 0 Å². The number of hydrogen-bond acceptors (Lipinski definition) is 7. The standard InChI is InChI=1S/C21H25N5O3S/c1-4-16(12-27)26-30(28,29)17-6-5-13(2)18(10-17)19-11-24-21(22)20(25-19)15-7-8-23-14(3)9-15/h5-11,16,26-27H,4,12H2,1-3H3,(H2,22,24)/t16-/m1/s1. The Morgan fingerprint density at radius 1 is 1.17 bits per heavy atom. The van der Waals surface area contributed by atoms with Crippen molar-refractivity contribution in [3.05, 3.63) is 54.0 Å². The number of aliphatic hydroxyl groups excluding tert-OH is 1. The molecule has 1 atom stereocenters. The Morgan fingerprint density at radius 3 is 2.60 bits per heavy atom. The van der Waals surface area contributed by atoms with Crippen LogP contribution in [-0.2, 0) is 10.0 Å². The van der Waals surface area contributed by atoms with Crippen LogP contribution < -0.4 is 10.5 Å². The number of anilines is 1. The van der Waals surface area contributed by atoms with E-state index >= 15 is 0 Å². The highest BCUT2D eigenvalue weighted by Gasteiger charge is 2.20. The minimum absolute atomic E-state index is 0.0925. The van der Waals surface area contributed by atoms with Gasteiger partial charge in [0.15, 0.2) is 0 Å². The van der Waals surface area contributed by atoms with Gasteiger partial charge in [0.05, 0.1) is 23.4 Å². The van der Waals surface area contributed by atoms with Crippen LogP contribution in [0.2, 0.25) is 0 Å². The molecule has 0 saturated heterocycles. The molecule has 1 aromatic carbocycles. The van der Waals surface area contributed by atoms with Gasteiger partial charge in [-0.1, -0.05) is 13.0 Å².